The van der Waals surface area contributed by atoms with Gasteiger partial charge in [-0.1, -0.05) is 29.0 Å². The maximum atomic E-state index is 14.2. The third kappa shape index (κ3) is 5.46. The number of fused-ring (bicyclic) bond motifs is 1. The van der Waals surface area contributed by atoms with Gasteiger partial charge in [0, 0.05) is 31.3 Å². The molecule has 2 aromatic heterocycles. The molecule has 0 N–H and O–H groups in total. The summed E-state index contributed by atoms with van der Waals surface area (Å²) in [6, 6.07) is 11.2. The summed E-state index contributed by atoms with van der Waals surface area (Å²) in [5, 5.41) is 0.891. The Morgan fingerprint density at radius 2 is 1.95 bits per heavy atom. The lowest BCUT2D eigenvalue weighted by Crippen LogP contribution is -2.44. The number of hydrogen-bond donors (Lipinski definition) is 0. The first-order chi connectivity index (χ1) is 18.7. The average Bonchev–Trinajstić information content (AvgIpc) is 3.38. The number of thiazole rings is 1. The number of piperidine rings is 1. The molecule has 1 fully saturated rings. The molecule has 3 heterocycles. The molecule has 0 radical (unpaired) electrons. The van der Waals surface area contributed by atoms with Crippen LogP contribution in [0.5, 0.6) is 5.75 Å². The Balaban J connectivity index is 1.41. The predicted molar refractivity (Wildman–Crippen MR) is 144 cm³/mol. The van der Waals surface area contributed by atoms with Crippen molar-refractivity contribution in [3.8, 4) is 5.75 Å². The van der Waals surface area contributed by atoms with Crippen molar-refractivity contribution in [2.75, 3.05) is 25.1 Å². The summed E-state index contributed by atoms with van der Waals surface area (Å²) in [4.78, 5) is 23.8. The van der Waals surface area contributed by atoms with Crippen molar-refractivity contribution in [3.63, 3.8) is 0 Å². The molecule has 1 aliphatic rings. The first-order valence-electron chi connectivity index (χ1n) is 12.0. The van der Waals surface area contributed by atoms with Gasteiger partial charge in [-0.05, 0) is 49.2 Å². The van der Waals surface area contributed by atoms with Crippen molar-refractivity contribution in [1.29, 1.82) is 0 Å². The third-order valence-corrected chi connectivity index (χ3v) is 10.00. The van der Waals surface area contributed by atoms with E-state index in [0.717, 1.165) is 16.4 Å². The number of anilines is 1. The topological polar surface area (TPSA) is 92.7 Å². The molecule has 0 atom stereocenters. The van der Waals surface area contributed by atoms with Crippen LogP contribution >= 0.6 is 22.9 Å². The number of hydrogen-bond acceptors (Lipinski definition) is 7. The molecule has 4 aromatic rings. The SMILES string of the molecule is COc1ccc(Cl)c2sc(N(Cc3ccccn3)C(=O)C3CCN(S(=O)(=O)c4ccc(F)cc4F)CC3)nc12. The second-order valence-electron chi connectivity index (χ2n) is 8.92. The van der Waals surface area contributed by atoms with Crippen LogP contribution in [-0.4, -0.2) is 48.8 Å². The van der Waals surface area contributed by atoms with E-state index in [1.54, 1.807) is 30.5 Å². The number of ether oxygens (including phenoxy) is 1. The van der Waals surface area contributed by atoms with Crippen LogP contribution < -0.4 is 9.64 Å². The van der Waals surface area contributed by atoms with Gasteiger partial charge in [-0.3, -0.25) is 14.7 Å². The standard InChI is InChI=1S/C26H23ClF2N4O4S2/c1-37-21-7-6-19(27)24-23(21)31-26(38-24)33(15-18-4-2-3-11-30-18)25(34)16-9-12-32(13-10-16)39(35,36)22-8-5-17(28)14-20(22)29/h2-8,11,14,16H,9-10,12-13,15H2,1H3. The van der Waals surface area contributed by atoms with Gasteiger partial charge in [0.05, 0.1) is 29.1 Å². The fraction of sp³-hybridized carbons (Fsp3) is 0.269. The number of pyridine rings is 1. The third-order valence-electron chi connectivity index (χ3n) is 6.53. The van der Waals surface area contributed by atoms with E-state index in [0.29, 0.717) is 37.9 Å². The molecule has 2 aromatic carbocycles. The Morgan fingerprint density at radius 3 is 2.62 bits per heavy atom. The quantitative estimate of drug-likeness (QED) is 0.290. The lowest BCUT2D eigenvalue weighted by Gasteiger charge is -2.33. The van der Waals surface area contributed by atoms with Gasteiger partial charge in [-0.2, -0.15) is 4.31 Å². The molecule has 0 saturated carbocycles. The van der Waals surface area contributed by atoms with Crippen molar-refractivity contribution < 1.29 is 26.7 Å². The summed E-state index contributed by atoms with van der Waals surface area (Å²) in [5.41, 5.74) is 1.18. The normalized spacial score (nSPS) is 15.0. The first kappa shape index (κ1) is 27.4. The molecule has 1 aliphatic heterocycles. The summed E-state index contributed by atoms with van der Waals surface area (Å²) in [6.45, 7) is 0.164. The molecule has 0 aliphatic carbocycles. The van der Waals surface area contributed by atoms with E-state index in [-0.39, 0.29) is 38.4 Å². The van der Waals surface area contributed by atoms with E-state index in [1.807, 2.05) is 6.07 Å². The smallest absolute Gasteiger partial charge is 0.245 e. The minimum Gasteiger partial charge on any atom is -0.494 e. The highest BCUT2D eigenvalue weighted by molar-refractivity contribution is 7.89. The monoisotopic (exact) mass is 592 g/mol. The zero-order chi connectivity index (χ0) is 27.7. The van der Waals surface area contributed by atoms with Gasteiger partial charge in [-0.25, -0.2) is 22.2 Å². The molecule has 1 amide bonds. The van der Waals surface area contributed by atoms with Gasteiger partial charge in [-0.15, -0.1) is 0 Å². The van der Waals surface area contributed by atoms with Gasteiger partial charge < -0.3 is 4.74 Å². The van der Waals surface area contributed by atoms with Crippen LogP contribution in [0.2, 0.25) is 5.02 Å². The fourth-order valence-corrected chi connectivity index (χ4v) is 7.28. The Morgan fingerprint density at radius 1 is 1.18 bits per heavy atom. The van der Waals surface area contributed by atoms with Crippen molar-refractivity contribution in [1.82, 2.24) is 14.3 Å². The zero-order valence-electron chi connectivity index (χ0n) is 20.7. The van der Waals surface area contributed by atoms with Crippen LogP contribution in [0.15, 0.2) is 59.6 Å². The van der Waals surface area contributed by atoms with Gasteiger partial charge in [0.1, 0.15) is 27.8 Å². The van der Waals surface area contributed by atoms with Gasteiger partial charge in [0.25, 0.3) is 0 Å². The minimum absolute atomic E-state index is 0.00643. The van der Waals surface area contributed by atoms with Gasteiger partial charge >= 0.3 is 0 Å². The molecular formula is C26H23ClF2N4O4S2. The largest absolute Gasteiger partial charge is 0.494 e. The van der Waals surface area contributed by atoms with E-state index in [2.05, 4.69) is 9.97 Å². The zero-order valence-corrected chi connectivity index (χ0v) is 23.1. The number of nitrogens with zero attached hydrogens (tertiary/aromatic N) is 4. The Hall–Kier alpha value is -3.19. The number of halogens is 3. The van der Waals surface area contributed by atoms with Crippen molar-refractivity contribution in [2.45, 2.75) is 24.3 Å². The van der Waals surface area contributed by atoms with Gasteiger partial charge in [0.2, 0.25) is 15.9 Å². The summed E-state index contributed by atoms with van der Waals surface area (Å²) in [6.07, 6.45) is 2.07. The molecule has 204 valence electrons. The van der Waals surface area contributed by atoms with E-state index < -0.39 is 32.5 Å². The maximum Gasteiger partial charge on any atom is 0.245 e. The number of carbonyl (C=O) groups is 1. The van der Waals surface area contributed by atoms with Crippen LogP contribution in [0.1, 0.15) is 18.5 Å². The molecule has 0 spiro atoms. The van der Waals surface area contributed by atoms with Crippen LogP contribution in [0, 0.1) is 17.6 Å². The summed E-state index contributed by atoms with van der Waals surface area (Å²) in [5.74, 6) is -2.24. The second-order valence-corrected chi connectivity index (χ2v) is 12.2. The fourth-order valence-electron chi connectivity index (χ4n) is 4.50. The number of amides is 1. The Kier molecular flexibility index (Phi) is 7.81. The van der Waals surface area contributed by atoms with E-state index in [4.69, 9.17) is 16.3 Å². The molecular weight excluding hydrogens is 570 g/mol. The van der Waals surface area contributed by atoms with Crippen molar-refractivity contribution in [2.24, 2.45) is 5.92 Å². The number of methoxy groups -OCH3 is 1. The Labute approximate surface area is 232 Å². The number of aromatic nitrogens is 2. The van der Waals surface area contributed by atoms with Gasteiger partial charge in [0.15, 0.2) is 5.13 Å². The van der Waals surface area contributed by atoms with E-state index in [1.165, 1.54) is 23.3 Å². The number of benzene rings is 2. The Bertz CT molecular complexity index is 1630. The summed E-state index contributed by atoms with van der Waals surface area (Å²) in [7, 11) is -2.67. The maximum absolute atomic E-state index is 14.2. The molecule has 39 heavy (non-hydrogen) atoms. The number of rotatable bonds is 7. The average molecular weight is 593 g/mol. The van der Waals surface area contributed by atoms with Crippen LogP contribution in [0.4, 0.5) is 13.9 Å². The van der Waals surface area contributed by atoms with Crippen LogP contribution in [0.25, 0.3) is 10.2 Å². The lowest BCUT2D eigenvalue weighted by atomic mass is 9.96. The molecule has 13 heteroatoms. The van der Waals surface area contributed by atoms with Crippen LogP contribution in [-0.2, 0) is 21.4 Å². The highest BCUT2D eigenvalue weighted by Gasteiger charge is 2.36. The van der Waals surface area contributed by atoms with Crippen molar-refractivity contribution in [3.05, 3.63) is 77.1 Å². The molecule has 8 nitrogen and oxygen atoms in total. The lowest BCUT2D eigenvalue weighted by molar-refractivity contribution is -0.123. The molecule has 1 saturated heterocycles. The minimum atomic E-state index is -4.19. The molecule has 5 rings (SSSR count). The first-order valence-corrected chi connectivity index (χ1v) is 14.6. The molecule has 0 unspecified atom stereocenters. The summed E-state index contributed by atoms with van der Waals surface area (Å²) >= 11 is 7.66. The van der Waals surface area contributed by atoms with Crippen LogP contribution in [0.3, 0.4) is 0 Å². The van der Waals surface area contributed by atoms with E-state index >= 15 is 0 Å². The second kappa shape index (κ2) is 11.1. The summed E-state index contributed by atoms with van der Waals surface area (Å²) < 4.78 is 60.8. The highest BCUT2D eigenvalue weighted by Crippen LogP contribution is 2.40. The number of sulfonamides is 1. The van der Waals surface area contributed by atoms with E-state index in [9.17, 15) is 22.0 Å². The number of carbonyl (C=O) groups excluding carboxylic acids is 1. The predicted octanol–water partition coefficient (Wildman–Crippen LogP) is 5.27. The highest BCUT2D eigenvalue weighted by atomic mass is 35.5. The van der Waals surface area contributed by atoms with Crippen molar-refractivity contribution >= 4 is 54.2 Å². The molecule has 0 bridgehead atoms.